The summed E-state index contributed by atoms with van der Waals surface area (Å²) in [5, 5.41) is 1.42. The third-order valence-corrected chi connectivity index (χ3v) is 5.26. The first kappa shape index (κ1) is 17.4. The fourth-order valence-corrected chi connectivity index (χ4v) is 3.57. The lowest BCUT2D eigenvalue weighted by molar-refractivity contribution is 1.45. The molecule has 0 fully saturated rings. The number of nitrogens with zero attached hydrogens (tertiary/aromatic N) is 1. The summed E-state index contributed by atoms with van der Waals surface area (Å²) in [5.74, 6) is 0. The van der Waals surface area contributed by atoms with E-state index in [-0.39, 0.29) is 0 Å². The van der Waals surface area contributed by atoms with Crippen LogP contribution < -0.4 is 0 Å². The summed E-state index contributed by atoms with van der Waals surface area (Å²) in [5.41, 5.74) is 2.95. The van der Waals surface area contributed by atoms with Crippen LogP contribution in [0.15, 0.2) is 82.1 Å². The summed E-state index contributed by atoms with van der Waals surface area (Å²) in [7, 11) is 0. The minimum atomic E-state index is 0.432. The largest absolute Gasteiger partial charge is 0.210 e. The molecule has 3 aromatic rings. The van der Waals surface area contributed by atoms with E-state index in [1.165, 1.54) is 11.9 Å². The van der Waals surface area contributed by atoms with Crippen molar-refractivity contribution in [3.8, 4) is 0 Å². The lowest BCUT2D eigenvalue weighted by Gasteiger charge is -2.08. The monoisotopic (exact) mass is 391 g/mol. The maximum atomic E-state index is 6.24. The van der Waals surface area contributed by atoms with Gasteiger partial charge in [0, 0.05) is 23.1 Å². The van der Waals surface area contributed by atoms with E-state index in [9.17, 15) is 0 Å². The Morgan fingerprint density at radius 1 is 0.667 bits per heavy atom. The average molecular weight is 393 g/mol. The fourth-order valence-electron chi connectivity index (χ4n) is 2.13. The van der Waals surface area contributed by atoms with Gasteiger partial charge in [-0.25, -0.2) is 4.40 Å². The van der Waals surface area contributed by atoms with Crippen molar-refractivity contribution < 1.29 is 0 Å². The average Bonchev–Trinajstić information content (AvgIpc) is 2.61. The highest BCUT2D eigenvalue weighted by Gasteiger charge is 2.10. The number of rotatable bonds is 4. The minimum Gasteiger partial charge on any atom is -0.210 e. The Morgan fingerprint density at radius 3 is 1.71 bits per heavy atom. The molecule has 0 aliphatic rings. The standard InChI is InChI=1S/C19H12Cl3NS/c20-15-11-17(22)18(12-16(15)21)24-23-19(13-7-3-1-4-8-13)14-9-5-2-6-10-14/h1-12H. The van der Waals surface area contributed by atoms with Crippen LogP contribution in [0.2, 0.25) is 15.1 Å². The Bertz CT molecular complexity index is 823. The van der Waals surface area contributed by atoms with Gasteiger partial charge in [-0.1, -0.05) is 95.5 Å². The number of halogens is 3. The van der Waals surface area contributed by atoms with E-state index < -0.39 is 0 Å². The van der Waals surface area contributed by atoms with Crippen molar-refractivity contribution in [2.45, 2.75) is 4.90 Å². The quantitative estimate of drug-likeness (QED) is 0.260. The van der Waals surface area contributed by atoms with Gasteiger partial charge in [0.05, 0.1) is 25.7 Å². The smallest absolute Gasteiger partial charge is 0.0861 e. The molecular formula is C19H12Cl3NS. The van der Waals surface area contributed by atoms with Gasteiger partial charge in [-0.15, -0.1) is 0 Å². The van der Waals surface area contributed by atoms with Gasteiger partial charge < -0.3 is 0 Å². The SMILES string of the molecule is Clc1cc(Cl)c(SN=C(c2ccccc2)c2ccccc2)cc1Cl. The van der Waals surface area contributed by atoms with Crippen LogP contribution in [0.4, 0.5) is 0 Å². The lowest BCUT2D eigenvalue weighted by Crippen LogP contribution is -2.01. The van der Waals surface area contributed by atoms with Gasteiger partial charge in [0.2, 0.25) is 0 Å². The summed E-state index contributed by atoms with van der Waals surface area (Å²) in [6.45, 7) is 0. The number of hydrogen-bond acceptors (Lipinski definition) is 2. The molecule has 0 amide bonds. The van der Waals surface area contributed by atoms with E-state index in [1.54, 1.807) is 12.1 Å². The molecule has 0 radical (unpaired) electrons. The molecule has 0 aliphatic carbocycles. The molecule has 0 atom stereocenters. The van der Waals surface area contributed by atoms with E-state index in [1.807, 2.05) is 60.7 Å². The predicted octanol–water partition coefficient (Wildman–Crippen LogP) is 7.19. The molecule has 0 unspecified atom stereocenters. The molecule has 0 bridgehead atoms. The molecule has 0 heterocycles. The number of benzene rings is 3. The van der Waals surface area contributed by atoms with Crippen molar-refractivity contribution in [3.05, 3.63) is 99.0 Å². The van der Waals surface area contributed by atoms with Gasteiger partial charge in [-0.2, -0.15) is 0 Å². The van der Waals surface area contributed by atoms with E-state index in [4.69, 9.17) is 39.2 Å². The molecule has 24 heavy (non-hydrogen) atoms. The predicted molar refractivity (Wildman–Crippen MR) is 106 cm³/mol. The van der Waals surface area contributed by atoms with Crippen LogP contribution >= 0.6 is 46.8 Å². The van der Waals surface area contributed by atoms with Gasteiger partial charge >= 0.3 is 0 Å². The summed E-state index contributed by atoms with van der Waals surface area (Å²) < 4.78 is 4.71. The third kappa shape index (κ3) is 4.14. The van der Waals surface area contributed by atoms with Crippen molar-refractivity contribution in [2.24, 2.45) is 4.40 Å². The number of hydrogen-bond donors (Lipinski definition) is 0. The zero-order chi connectivity index (χ0) is 16.9. The Labute approximate surface area is 160 Å². The molecule has 120 valence electrons. The molecule has 0 aliphatic heterocycles. The summed E-state index contributed by atoms with van der Waals surface area (Å²) >= 11 is 19.6. The molecule has 0 saturated carbocycles. The summed E-state index contributed by atoms with van der Waals surface area (Å²) in [6, 6.07) is 23.4. The maximum absolute atomic E-state index is 6.24. The second kappa shape index (κ2) is 8.09. The van der Waals surface area contributed by atoms with Crippen LogP contribution in [0.25, 0.3) is 0 Å². The molecule has 0 aromatic heterocycles. The Morgan fingerprint density at radius 2 is 1.17 bits per heavy atom. The van der Waals surface area contributed by atoms with Gasteiger partial charge in [0.25, 0.3) is 0 Å². The van der Waals surface area contributed by atoms with Crippen LogP contribution in [-0.4, -0.2) is 5.71 Å². The zero-order valence-corrected chi connectivity index (χ0v) is 15.5. The second-order valence-electron chi connectivity index (χ2n) is 4.96. The molecule has 3 rings (SSSR count). The molecule has 0 spiro atoms. The molecule has 3 aromatic carbocycles. The Hall–Kier alpha value is -1.45. The van der Waals surface area contributed by atoms with Gasteiger partial charge in [0.15, 0.2) is 0 Å². The van der Waals surface area contributed by atoms with Crippen molar-refractivity contribution in [2.75, 3.05) is 0 Å². The van der Waals surface area contributed by atoms with Crippen molar-refractivity contribution in [1.82, 2.24) is 0 Å². The highest BCUT2D eigenvalue weighted by atomic mass is 35.5. The topological polar surface area (TPSA) is 12.4 Å². The van der Waals surface area contributed by atoms with Crippen LogP contribution in [0.1, 0.15) is 11.1 Å². The van der Waals surface area contributed by atoms with E-state index in [0.717, 1.165) is 21.7 Å². The normalized spacial score (nSPS) is 10.5. The van der Waals surface area contributed by atoms with E-state index in [2.05, 4.69) is 0 Å². The fraction of sp³-hybridized carbons (Fsp3) is 0. The van der Waals surface area contributed by atoms with Gasteiger partial charge in [-0.05, 0) is 12.1 Å². The van der Waals surface area contributed by atoms with Crippen molar-refractivity contribution in [1.29, 1.82) is 0 Å². The summed E-state index contributed by atoms with van der Waals surface area (Å²) in [4.78, 5) is 0.760. The van der Waals surface area contributed by atoms with Crippen LogP contribution in [0.5, 0.6) is 0 Å². The first-order valence-corrected chi connectivity index (χ1v) is 9.06. The van der Waals surface area contributed by atoms with E-state index in [0.29, 0.717) is 15.1 Å². The lowest BCUT2D eigenvalue weighted by atomic mass is 10.0. The molecule has 0 saturated heterocycles. The van der Waals surface area contributed by atoms with Gasteiger partial charge in [0.1, 0.15) is 0 Å². The van der Waals surface area contributed by atoms with E-state index >= 15 is 0 Å². The highest BCUT2D eigenvalue weighted by Crippen LogP contribution is 2.35. The third-order valence-electron chi connectivity index (χ3n) is 3.30. The summed E-state index contributed by atoms with van der Waals surface area (Å²) in [6.07, 6.45) is 0. The van der Waals surface area contributed by atoms with Crippen molar-refractivity contribution in [3.63, 3.8) is 0 Å². The van der Waals surface area contributed by atoms with Gasteiger partial charge in [-0.3, -0.25) is 0 Å². The Kier molecular flexibility index (Phi) is 5.85. The highest BCUT2D eigenvalue weighted by molar-refractivity contribution is 7.98. The molecule has 1 nitrogen and oxygen atoms in total. The van der Waals surface area contributed by atoms with Crippen LogP contribution in [-0.2, 0) is 0 Å². The second-order valence-corrected chi connectivity index (χ2v) is 6.99. The maximum Gasteiger partial charge on any atom is 0.0861 e. The minimum absolute atomic E-state index is 0.432. The van der Waals surface area contributed by atoms with Crippen LogP contribution in [0.3, 0.4) is 0 Å². The zero-order valence-electron chi connectivity index (χ0n) is 12.4. The van der Waals surface area contributed by atoms with Crippen LogP contribution in [0, 0.1) is 0 Å². The van der Waals surface area contributed by atoms with Crippen molar-refractivity contribution >= 4 is 52.5 Å². The first-order chi connectivity index (χ1) is 11.6. The first-order valence-electron chi connectivity index (χ1n) is 7.15. The molecular weight excluding hydrogens is 381 g/mol. The molecule has 0 N–H and O–H groups in total. The Balaban J connectivity index is 2.01. The molecule has 5 heteroatoms.